The summed E-state index contributed by atoms with van der Waals surface area (Å²) in [5.41, 5.74) is 1.96. The van der Waals surface area contributed by atoms with Gasteiger partial charge in [0.1, 0.15) is 0 Å². The Morgan fingerprint density at radius 3 is 2.71 bits per heavy atom. The lowest BCUT2D eigenvalue weighted by atomic mass is 10.1. The second kappa shape index (κ2) is 9.27. The smallest absolute Gasteiger partial charge is 0.277 e. The lowest BCUT2D eigenvalue weighted by Gasteiger charge is -2.09. The minimum absolute atomic E-state index is 0.0721. The first-order chi connectivity index (χ1) is 13.5. The Balaban J connectivity index is 1.67. The van der Waals surface area contributed by atoms with E-state index in [1.807, 2.05) is 12.3 Å². The molecule has 1 N–H and O–H groups in total. The molecule has 1 amide bonds. The van der Waals surface area contributed by atoms with Crippen molar-refractivity contribution >= 4 is 52.5 Å². The van der Waals surface area contributed by atoms with E-state index < -0.39 is 0 Å². The van der Waals surface area contributed by atoms with Crippen LogP contribution >= 0.6 is 35.1 Å². The van der Waals surface area contributed by atoms with E-state index in [0.29, 0.717) is 27.4 Å². The molecule has 1 aromatic heterocycles. The average Bonchev–Trinajstić information content (AvgIpc) is 3.15. The fourth-order valence-electron chi connectivity index (χ4n) is 2.37. The van der Waals surface area contributed by atoms with Crippen LogP contribution in [0.15, 0.2) is 57.0 Å². The van der Waals surface area contributed by atoms with Gasteiger partial charge >= 0.3 is 0 Å². The van der Waals surface area contributed by atoms with Crippen LogP contribution in [0.1, 0.15) is 17.3 Å². The third kappa shape index (κ3) is 5.15. The number of aromatic nitrogens is 2. The number of rotatable bonds is 7. The highest BCUT2D eigenvalue weighted by molar-refractivity contribution is 7.99. The first-order valence-corrected chi connectivity index (χ1v) is 10.8. The summed E-state index contributed by atoms with van der Waals surface area (Å²) in [6, 6.07) is 12.3. The lowest BCUT2D eigenvalue weighted by molar-refractivity contribution is -0.114. The molecule has 28 heavy (non-hydrogen) atoms. The molecule has 0 unspecified atom stereocenters. The largest absolute Gasteiger partial charge is 0.411 e. The van der Waals surface area contributed by atoms with E-state index in [1.165, 1.54) is 30.4 Å². The number of thioether (sulfide) groups is 2. The van der Waals surface area contributed by atoms with Gasteiger partial charge in [0.15, 0.2) is 5.78 Å². The van der Waals surface area contributed by atoms with Gasteiger partial charge in [0.2, 0.25) is 11.8 Å². The second-order valence-electron chi connectivity index (χ2n) is 5.69. The van der Waals surface area contributed by atoms with Gasteiger partial charge in [-0.1, -0.05) is 29.4 Å². The zero-order valence-corrected chi connectivity index (χ0v) is 17.5. The number of nitrogens with one attached hydrogen (secondary N) is 1. The molecule has 2 aromatic carbocycles. The predicted octanol–water partition coefficient (Wildman–Crippen LogP) is 5.05. The van der Waals surface area contributed by atoms with E-state index in [0.717, 1.165) is 10.5 Å². The van der Waals surface area contributed by atoms with Crippen LogP contribution in [0.2, 0.25) is 5.02 Å². The lowest BCUT2D eigenvalue weighted by Crippen LogP contribution is -2.08. The van der Waals surface area contributed by atoms with Gasteiger partial charge in [0.05, 0.1) is 11.4 Å². The van der Waals surface area contributed by atoms with Crippen LogP contribution < -0.4 is 5.32 Å². The first-order valence-electron chi connectivity index (χ1n) is 8.17. The number of Topliss-reactive ketones (excluding diaryl/α,β-unsaturated/α-hetero) is 1. The molecule has 144 valence electrons. The number of carbonyl (C=O) groups is 2. The van der Waals surface area contributed by atoms with Crippen LogP contribution in [-0.2, 0) is 4.79 Å². The summed E-state index contributed by atoms with van der Waals surface area (Å²) in [7, 11) is 0. The molecule has 0 saturated carbocycles. The number of hydrogen-bond acceptors (Lipinski definition) is 7. The summed E-state index contributed by atoms with van der Waals surface area (Å²) in [6.45, 7) is 1.45. The van der Waals surface area contributed by atoms with E-state index in [4.69, 9.17) is 16.0 Å². The van der Waals surface area contributed by atoms with Crippen molar-refractivity contribution in [3.63, 3.8) is 0 Å². The molecule has 3 aromatic rings. The molecule has 0 atom stereocenters. The van der Waals surface area contributed by atoms with Gasteiger partial charge in [-0.3, -0.25) is 9.59 Å². The number of hydrogen-bond donors (Lipinski definition) is 1. The van der Waals surface area contributed by atoms with Crippen LogP contribution in [0, 0.1) is 0 Å². The fraction of sp³-hybridized carbons (Fsp3) is 0.158. The van der Waals surface area contributed by atoms with Crippen LogP contribution in [-0.4, -0.2) is 33.9 Å². The molecule has 0 spiro atoms. The molecule has 3 rings (SSSR count). The van der Waals surface area contributed by atoms with Crippen LogP contribution in [0.25, 0.3) is 11.5 Å². The third-order valence-electron chi connectivity index (χ3n) is 3.64. The Morgan fingerprint density at radius 2 is 2.00 bits per heavy atom. The highest BCUT2D eigenvalue weighted by Gasteiger charge is 2.14. The molecule has 0 aliphatic heterocycles. The zero-order chi connectivity index (χ0) is 20.1. The standard InChI is InChI=1S/C19H16ClN3O3S2/c1-11(24)21-15-7-6-12(9-17(15)27-2)16(25)10-28-19-23-22-18(26-19)13-4-3-5-14(20)8-13/h3-9H,10H2,1-2H3,(H,21,24). The van der Waals surface area contributed by atoms with Gasteiger partial charge in [-0.25, -0.2) is 0 Å². The number of ketones is 1. The third-order valence-corrected chi connectivity index (χ3v) is 5.47. The number of amides is 1. The highest BCUT2D eigenvalue weighted by Crippen LogP contribution is 2.29. The van der Waals surface area contributed by atoms with Crippen molar-refractivity contribution in [3.8, 4) is 11.5 Å². The SMILES string of the molecule is CSc1cc(C(=O)CSc2nnc(-c3cccc(Cl)c3)o2)ccc1NC(C)=O. The van der Waals surface area contributed by atoms with Crippen molar-refractivity contribution in [1.82, 2.24) is 10.2 Å². The number of benzene rings is 2. The maximum Gasteiger partial charge on any atom is 0.277 e. The monoisotopic (exact) mass is 433 g/mol. The van der Waals surface area contributed by atoms with Gasteiger partial charge in [0, 0.05) is 28.0 Å². The van der Waals surface area contributed by atoms with Crippen LogP contribution in [0.3, 0.4) is 0 Å². The van der Waals surface area contributed by atoms with Crippen molar-refractivity contribution in [3.05, 3.63) is 53.1 Å². The Hall–Kier alpha value is -2.29. The molecule has 6 nitrogen and oxygen atoms in total. The molecule has 0 saturated heterocycles. The Bertz CT molecular complexity index is 1020. The topological polar surface area (TPSA) is 85.1 Å². The van der Waals surface area contributed by atoms with Crippen LogP contribution in [0.5, 0.6) is 0 Å². The number of carbonyl (C=O) groups excluding carboxylic acids is 2. The van der Waals surface area contributed by atoms with Gasteiger partial charge in [0.25, 0.3) is 5.22 Å². The molecule has 1 heterocycles. The maximum absolute atomic E-state index is 12.5. The van der Waals surface area contributed by atoms with E-state index in [9.17, 15) is 9.59 Å². The summed E-state index contributed by atoms with van der Waals surface area (Å²) in [4.78, 5) is 24.6. The predicted molar refractivity (Wildman–Crippen MR) is 112 cm³/mol. The quantitative estimate of drug-likeness (QED) is 0.412. The van der Waals surface area contributed by atoms with Gasteiger partial charge < -0.3 is 9.73 Å². The van der Waals surface area contributed by atoms with Gasteiger partial charge in [-0.2, -0.15) is 0 Å². The van der Waals surface area contributed by atoms with Crippen molar-refractivity contribution in [2.45, 2.75) is 17.0 Å². The first kappa shape index (κ1) is 20.4. The molecule has 0 bridgehead atoms. The molecule has 0 fully saturated rings. The Labute approximate surface area is 175 Å². The van der Waals surface area contributed by atoms with Crippen molar-refractivity contribution in [2.75, 3.05) is 17.3 Å². The minimum Gasteiger partial charge on any atom is -0.411 e. The molecule has 0 aliphatic carbocycles. The van der Waals surface area contributed by atoms with E-state index >= 15 is 0 Å². The zero-order valence-electron chi connectivity index (χ0n) is 15.1. The molecule has 0 aliphatic rings. The van der Waals surface area contributed by atoms with E-state index in [-0.39, 0.29) is 17.4 Å². The fourth-order valence-corrected chi connectivity index (χ4v) is 3.81. The summed E-state index contributed by atoms with van der Waals surface area (Å²) in [6.07, 6.45) is 1.89. The van der Waals surface area contributed by atoms with Gasteiger partial charge in [-0.15, -0.1) is 22.0 Å². The van der Waals surface area contributed by atoms with E-state index in [2.05, 4.69) is 15.5 Å². The molecular weight excluding hydrogens is 418 g/mol. The highest BCUT2D eigenvalue weighted by atomic mass is 35.5. The average molecular weight is 434 g/mol. The van der Waals surface area contributed by atoms with Crippen LogP contribution in [0.4, 0.5) is 5.69 Å². The summed E-state index contributed by atoms with van der Waals surface area (Å²) in [5.74, 6) is 0.278. The van der Waals surface area contributed by atoms with Gasteiger partial charge in [-0.05, 0) is 42.7 Å². The number of anilines is 1. The maximum atomic E-state index is 12.5. The van der Waals surface area contributed by atoms with Crippen molar-refractivity contribution in [2.24, 2.45) is 0 Å². The van der Waals surface area contributed by atoms with Crippen molar-refractivity contribution in [1.29, 1.82) is 0 Å². The molecular formula is C19H16ClN3O3S2. The van der Waals surface area contributed by atoms with Crippen molar-refractivity contribution < 1.29 is 14.0 Å². The normalized spacial score (nSPS) is 10.7. The Kier molecular flexibility index (Phi) is 6.77. The Morgan fingerprint density at radius 1 is 1.18 bits per heavy atom. The summed E-state index contributed by atoms with van der Waals surface area (Å²) < 4.78 is 5.60. The van der Waals surface area contributed by atoms with E-state index in [1.54, 1.807) is 36.4 Å². The summed E-state index contributed by atoms with van der Waals surface area (Å²) in [5, 5.41) is 11.6. The number of nitrogens with zero attached hydrogens (tertiary/aromatic N) is 2. The second-order valence-corrected chi connectivity index (χ2v) is 7.90. The summed E-state index contributed by atoms with van der Waals surface area (Å²) >= 11 is 8.60. The minimum atomic E-state index is -0.156. The molecule has 9 heteroatoms. The number of halogens is 1. The molecule has 0 radical (unpaired) electrons.